The number of nitrogens with one attached hydrogen (secondary N) is 1. The van der Waals surface area contributed by atoms with E-state index in [0.29, 0.717) is 25.5 Å². The fraction of sp³-hybridized carbons (Fsp3) is 0.963. The minimum Gasteiger partial charge on any atom is -0.460 e. The Morgan fingerprint density at radius 3 is 2.00 bits per heavy atom. The zero-order valence-corrected chi connectivity index (χ0v) is 24.2. The smallest absolute Gasteiger partial charge is 0.333 e. The van der Waals surface area contributed by atoms with E-state index in [1.54, 1.807) is 0 Å². The monoisotopic (exact) mass is 522 g/mol. The first kappa shape index (κ1) is 34.5. The molecule has 0 spiro atoms. The summed E-state index contributed by atoms with van der Waals surface area (Å²) in [5, 5.41) is 0. The molecule has 0 heterocycles. The van der Waals surface area contributed by atoms with Crippen molar-refractivity contribution in [2.45, 2.75) is 117 Å². The topological polar surface area (TPSA) is 86.5 Å². The number of carbonyl (C=O) groups is 1. The van der Waals surface area contributed by atoms with Crippen molar-refractivity contribution in [1.82, 2.24) is 0 Å². The molecule has 3 atom stereocenters. The fourth-order valence-electron chi connectivity index (χ4n) is 4.31. The highest BCUT2D eigenvalue weighted by atomic mass is 31.2. The number of hydrogen-bond acceptors (Lipinski definition) is 5. The summed E-state index contributed by atoms with van der Waals surface area (Å²) in [4.78, 5) is 22.1. The van der Waals surface area contributed by atoms with Crippen LogP contribution in [-0.2, 0) is 23.4 Å². The second-order valence-corrected chi connectivity index (χ2v) is 11.8. The van der Waals surface area contributed by atoms with E-state index in [-0.39, 0.29) is 19.4 Å². The molecule has 8 heteroatoms. The Morgan fingerprint density at radius 1 is 0.857 bits per heavy atom. The second kappa shape index (κ2) is 23.9. The van der Waals surface area contributed by atoms with Gasteiger partial charge in [-0.2, -0.15) is 0 Å². The molecule has 210 valence electrons. The summed E-state index contributed by atoms with van der Waals surface area (Å²) in [5.74, 6) is 0.644. The summed E-state index contributed by atoms with van der Waals surface area (Å²) < 4.78 is 28.3. The van der Waals surface area contributed by atoms with E-state index < -0.39 is 13.7 Å². The molecule has 3 unspecified atom stereocenters. The molecule has 0 fully saturated rings. The van der Waals surface area contributed by atoms with Crippen molar-refractivity contribution in [3.05, 3.63) is 0 Å². The van der Waals surface area contributed by atoms with Crippen LogP contribution in [0.1, 0.15) is 111 Å². The Hall–Kier alpha value is -0.460. The van der Waals surface area contributed by atoms with Gasteiger partial charge in [-0.05, 0) is 26.2 Å². The van der Waals surface area contributed by atoms with Gasteiger partial charge in [-0.15, -0.1) is 0 Å². The third-order valence-corrected chi connectivity index (χ3v) is 8.32. The maximum Gasteiger partial charge on any atom is 0.333 e. The maximum atomic E-state index is 12.3. The lowest BCUT2D eigenvalue weighted by Gasteiger charge is -2.21. The van der Waals surface area contributed by atoms with Crippen molar-refractivity contribution in [3.8, 4) is 0 Å². The van der Waals surface area contributed by atoms with Crippen molar-refractivity contribution in [1.29, 1.82) is 0 Å². The summed E-state index contributed by atoms with van der Waals surface area (Å²) in [7, 11) is -3.71. The van der Waals surface area contributed by atoms with Crippen LogP contribution < -0.4 is 4.90 Å². The van der Waals surface area contributed by atoms with Crippen LogP contribution in [0.3, 0.4) is 0 Å². The lowest BCUT2D eigenvalue weighted by Crippen LogP contribution is -3.11. The van der Waals surface area contributed by atoms with E-state index in [1.165, 1.54) is 75.5 Å². The molecule has 0 radical (unpaired) electrons. The molecule has 0 saturated carbocycles. The van der Waals surface area contributed by atoms with Crippen LogP contribution in [0.25, 0.3) is 0 Å². The van der Waals surface area contributed by atoms with Gasteiger partial charge in [-0.25, -0.2) is 0 Å². The predicted octanol–water partition coefficient (Wildman–Crippen LogP) is 5.40. The van der Waals surface area contributed by atoms with E-state index in [1.807, 2.05) is 13.8 Å². The predicted molar refractivity (Wildman–Crippen MR) is 144 cm³/mol. The van der Waals surface area contributed by atoms with Crippen LogP contribution in [0, 0.1) is 5.92 Å². The number of hydrogen-bond donors (Lipinski definition) is 2. The quantitative estimate of drug-likeness (QED) is 0.0854. The fourth-order valence-corrected chi connectivity index (χ4v) is 5.44. The van der Waals surface area contributed by atoms with Crippen molar-refractivity contribution in [2.24, 2.45) is 5.92 Å². The molecule has 0 aromatic heterocycles. The average molecular weight is 523 g/mol. The first-order valence-electron chi connectivity index (χ1n) is 14.4. The third kappa shape index (κ3) is 21.3. The SMILES string of the molecule is CCCCCCCCCCCCC(CC)CCOCC(COP(=O)(O)CC[NH+](CC)CC)OC=O. The standard InChI is InChI=1S/C27H56NO6P/c1-5-9-10-11-12-13-14-15-16-17-18-26(6-2)19-21-32-23-27(33-25-29)24-34-35(30,31)22-20-28(7-3)8-4/h25-27H,5-24H2,1-4H3,(H,30,31)/p+1. The zero-order valence-electron chi connectivity index (χ0n) is 23.3. The van der Waals surface area contributed by atoms with E-state index >= 15 is 0 Å². The molecule has 2 N–H and O–H groups in total. The van der Waals surface area contributed by atoms with Crippen molar-refractivity contribution in [3.63, 3.8) is 0 Å². The van der Waals surface area contributed by atoms with Gasteiger partial charge in [0.25, 0.3) is 6.47 Å². The normalized spacial score (nSPS) is 15.1. The van der Waals surface area contributed by atoms with Crippen molar-refractivity contribution >= 4 is 14.1 Å². The molecule has 0 saturated heterocycles. The van der Waals surface area contributed by atoms with E-state index in [4.69, 9.17) is 14.0 Å². The molecule has 0 amide bonds. The summed E-state index contributed by atoms with van der Waals surface area (Å²) in [6.07, 6.45) is 16.3. The highest BCUT2D eigenvalue weighted by Gasteiger charge is 2.24. The van der Waals surface area contributed by atoms with Gasteiger partial charge in [0.1, 0.15) is 6.10 Å². The Bertz CT molecular complexity index is 518. The van der Waals surface area contributed by atoms with Crippen LogP contribution in [0.2, 0.25) is 0 Å². The molecule has 0 aliphatic heterocycles. The van der Waals surface area contributed by atoms with Gasteiger partial charge in [0, 0.05) is 6.61 Å². The molecular weight excluding hydrogens is 465 g/mol. The maximum absolute atomic E-state index is 12.3. The molecule has 7 nitrogen and oxygen atoms in total. The minimum absolute atomic E-state index is 0.0931. The van der Waals surface area contributed by atoms with Crippen molar-refractivity contribution in [2.75, 3.05) is 45.6 Å². The Morgan fingerprint density at radius 2 is 1.46 bits per heavy atom. The summed E-state index contributed by atoms with van der Waals surface area (Å²) in [6, 6.07) is 0. The van der Waals surface area contributed by atoms with Gasteiger partial charge in [0.05, 0.1) is 39.0 Å². The molecule has 0 aromatic carbocycles. The highest BCUT2D eigenvalue weighted by Crippen LogP contribution is 2.41. The molecule has 0 aliphatic rings. The van der Waals surface area contributed by atoms with Crippen molar-refractivity contribution < 1.29 is 33.2 Å². The summed E-state index contributed by atoms with van der Waals surface area (Å²) in [6.45, 7) is 12.0. The van der Waals surface area contributed by atoms with Gasteiger partial charge < -0.3 is 23.8 Å². The molecular formula is C27H57NO6P+. The zero-order chi connectivity index (χ0) is 26.2. The Labute approximate surface area is 216 Å². The minimum atomic E-state index is -3.71. The van der Waals surface area contributed by atoms with Gasteiger partial charge in [-0.1, -0.05) is 90.9 Å². The first-order valence-corrected chi connectivity index (χ1v) is 16.1. The summed E-state index contributed by atoms with van der Waals surface area (Å²) in [5.41, 5.74) is 0. The Balaban J connectivity index is 3.99. The van der Waals surface area contributed by atoms with Gasteiger partial charge in [-0.3, -0.25) is 9.36 Å². The van der Waals surface area contributed by atoms with Crippen LogP contribution in [0.15, 0.2) is 0 Å². The Kier molecular flexibility index (Phi) is 23.6. The first-order chi connectivity index (χ1) is 16.9. The van der Waals surface area contributed by atoms with Crippen LogP contribution >= 0.6 is 7.60 Å². The van der Waals surface area contributed by atoms with E-state index in [2.05, 4.69) is 13.8 Å². The number of rotatable bonds is 27. The summed E-state index contributed by atoms with van der Waals surface area (Å²) >= 11 is 0. The second-order valence-electron chi connectivity index (χ2n) is 9.83. The largest absolute Gasteiger partial charge is 0.460 e. The van der Waals surface area contributed by atoms with Crippen LogP contribution in [-0.4, -0.2) is 63.1 Å². The van der Waals surface area contributed by atoms with Gasteiger partial charge in [0.15, 0.2) is 0 Å². The lowest BCUT2D eigenvalue weighted by atomic mass is 9.95. The lowest BCUT2D eigenvalue weighted by molar-refractivity contribution is -0.893. The molecule has 0 aliphatic carbocycles. The van der Waals surface area contributed by atoms with Gasteiger partial charge in [0.2, 0.25) is 0 Å². The molecule has 0 rings (SSSR count). The molecule has 0 aromatic rings. The van der Waals surface area contributed by atoms with E-state index in [0.717, 1.165) is 25.9 Å². The molecule has 35 heavy (non-hydrogen) atoms. The van der Waals surface area contributed by atoms with E-state index in [9.17, 15) is 14.3 Å². The third-order valence-electron chi connectivity index (χ3n) is 6.98. The number of unbranched alkanes of at least 4 members (excludes halogenated alkanes) is 9. The molecule has 0 bridgehead atoms. The number of ether oxygens (including phenoxy) is 2. The number of quaternary nitrogens is 1. The van der Waals surface area contributed by atoms with Gasteiger partial charge >= 0.3 is 7.60 Å². The average Bonchev–Trinajstić information content (AvgIpc) is 2.85. The van der Waals surface area contributed by atoms with Crippen LogP contribution in [0.4, 0.5) is 0 Å². The highest BCUT2D eigenvalue weighted by molar-refractivity contribution is 7.52. The number of carbonyl (C=O) groups excluding carboxylic acids is 1. The van der Waals surface area contributed by atoms with Crippen LogP contribution in [0.5, 0.6) is 0 Å².